The molecule has 0 aliphatic heterocycles. The van der Waals surface area contributed by atoms with Gasteiger partial charge in [0.25, 0.3) is 0 Å². The number of allylic oxidation sites excluding steroid dienone is 4. The van der Waals surface area contributed by atoms with Crippen LogP contribution in [0.5, 0.6) is 0 Å². The van der Waals surface area contributed by atoms with E-state index in [-0.39, 0.29) is 30.4 Å². The van der Waals surface area contributed by atoms with Crippen LogP contribution in [0.1, 0.15) is 27.2 Å². The molecule has 0 spiro atoms. The molecule has 121 valence electrons. The first-order chi connectivity index (χ1) is 7.62. The van der Waals surface area contributed by atoms with Crippen molar-refractivity contribution >= 4 is 38.4 Å². The summed E-state index contributed by atoms with van der Waals surface area (Å²) in [6.45, 7) is 14.6. The second kappa shape index (κ2) is 5.66. The topological polar surface area (TPSA) is 12.0 Å². The van der Waals surface area contributed by atoms with Crippen molar-refractivity contribution in [3.05, 3.63) is 22.1 Å². The van der Waals surface area contributed by atoms with Crippen LogP contribution < -0.4 is 3.80 Å². The van der Waals surface area contributed by atoms with Crippen molar-refractivity contribution in [2.75, 3.05) is 0 Å². The Hall–Kier alpha value is 1.17. The van der Waals surface area contributed by atoms with Crippen LogP contribution in [0.3, 0.4) is 0 Å². The zero-order valence-corrected chi connectivity index (χ0v) is 20.1. The molecule has 0 bridgehead atoms. The number of nitrogens with one attached hydrogen (secondary N) is 1. The van der Waals surface area contributed by atoms with Crippen molar-refractivity contribution < 1.29 is 12.3 Å². The maximum absolute atomic E-state index is 4.22. The van der Waals surface area contributed by atoms with Gasteiger partial charge in [0.15, 0.2) is 0 Å². The van der Waals surface area contributed by atoms with Gasteiger partial charge in [-0.15, -0.1) is 24.8 Å². The number of hydrogen-bond donors (Lipinski definition) is 1. The molecule has 0 heterocycles. The maximum Gasteiger partial charge on any atom is -0.147 e. The monoisotopic (exact) mass is 390 g/mol. The Labute approximate surface area is 138 Å². The summed E-state index contributed by atoms with van der Waals surface area (Å²) >= 11 is -3.35. The average molecular weight is 391 g/mol. The van der Waals surface area contributed by atoms with Gasteiger partial charge in [0, 0.05) is 0 Å². The van der Waals surface area contributed by atoms with E-state index in [9.17, 15) is 0 Å². The van der Waals surface area contributed by atoms with Gasteiger partial charge < -0.3 is 0 Å². The first-order valence-electron chi connectivity index (χ1n) is 7.07. The smallest absolute Gasteiger partial charge is 0.147 e. The molecule has 0 fully saturated rings. The Balaban J connectivity index is 0. The zero-order chi connectivity index (χ0) is 14.5. The molecule has 0 atom stereocenters. The van der Waals surface area contributed by atoms with E-state index < -0.39 is 18.2 Å². The Bertz CT molecular complexity index is 516. The minimum atomic E-state index is -3.35. The quantitative estimate of drug-likeness (QED) is 0.689. The number of hydrogen-bond acceptors (Lipinski definition) is 1. The van der Waals surface area contributed by atoms with E-state index in [1.807, 2.05) is 0 Å². The molecule has 1 aliphatic rings. The van der Waals surface area contributed by atoms with Crippen LogP contribution in [0.25, 0.3) is 0 Å². The van der Waals surface area contributed by atoms with Crippen LogP contribution >= 0.6 is 24.8 Å². The van der Waals surface area contributed by atoms with Gasteiger partial charge in [-0.2, -0.15) is 0 Å². The molecule has 6 heteroatoms. The van der Waals surface area contributed by atoms with Crippen molar-refractivity contribution in [3.8, 4) is 0 Å². The summed E-state index contributed by atoms with van der Waals surface area (Å²) in [6, 6.07) is 0. The molecule has 1 aliphatic carbocycles. The Morgan fingerprint density at radius 3 is 1.85 bits per heavy atom. The third kappa shape index (κ3) is 3.73. The van der Waals surface area contributed by atoms with Crippen molar-refractivity contribution in [2.45, 2.75) is 62.8 Å². The average Bonchev–Trinajstić information content (AvgIpc) is 2.46. The van der Waals surface area contributed by atoms with Gasteiger partial charge >= 0.3 is 115 Å². The van der Waals surface area contributed by atoms with E-state index in [0.29, 0.717) is 0 Å². The van der Waals surface area contributed by atoms with E-state index in [4.69, 9.17) is 0 Å². The number of halogens is 2. The van der Waals surface area contributed by atoms with Crippen LogP contribution in [0.4, 0.5) is 0 Å². The van der Waals surface area contributed by atoms with Gasteiger partial charge in [-0.1, -0.05) is 0 Å². The third-order valence-corrected chi connectivity index (χ3v) is 61.7. The van der Waals surface area contributed by atoms with E-state index in [1.165, 1.54) is 0 Å². The van der Waals surface area contributed by atoms with Crippen LogP contribution in [-0.2, 0) is 12.3 Å². The van der Waals surface area contributed by atoms with Crippen molar-refractivity contribution in [1.29, 1.82) is 0 Å². The van der Waals surface area contributed by atoms with Gasteiger partial charge in [-0.3, -0.25) is 0 Å². The molecule has 0 unspecified atom stereocenters. The molecular weight excluding hydrogens is 357 g/mol. The molecular formula is C14H34Cl2NSi2Ti. The number of rotatable bonds is 3. The van der Waals surface area contributed by atoms with E-state index in [0.717, 1.165) is 6.42 Å². The largest absolute Gasteiger partial charge is 0.147 e. The molecule has 0 amide bonds. The Morgan fingerprint density at radius 2 is 1.60 bits per heavy atom. The zero-order valence-electron chi connectivity index (χ0n) is 14.5. The fourth-order valence-corrected chi connectivity index (χ4v) is 23.5. The fourth-order valence-electron chi connectivity index (χ4n) is 3.27. The van der Waals surface area contributed by atoms with Gasteiger partial charge in [0.2, 0.25) is 0 Å². The molecule has 0 radical (unpaired) electrons. The molecule has 1 nitrogen and oxygen atoms in total. The standard InChI is InChI=1S/C5H5.C4H10N.C3H9Si.2CH3.2ClH.H2Si.Ti/c1-2-4-5-3-1;1-4(2,3)5;1-4(2)3;;;;;;/h1-3H,4H2;5H,1-3H3;1-3H3;2*1H3;2*1H;1H2;/q;-1;;;;;;;+1. The Kier molecular flexibility index (Phi) is 6.64. The predicted octanol–water partition coefficient (Wildman–Crippen LogP) is 4.68. The minimum absolute atomic E-state index is 0. The van der Waals surface area contributed by atoms with Crippen LogP contribution in [0.2, 0.25) is 30.1 Å². The van der Waals surface area contributed by atoms with Crippen molar-refractivity contribution in [2.24, 2.45) is 0 Å². The first-order valence-corrected chi connectivity index (χ1v) is 21.6. The maximum atomic E-state index is 4.22. The van der Waals surface area contributed by atoms with Gasteiger partial charge in [0.05, 0.1) is 0 Å². The predicted molar refractivity (Wildman–Crippen MR) is 103 cm³/mol. The third-order valence-electron chi connectivity index (χ3n) is 5.58. The molecule has 0 aromatic heterocycles. The molecule has 1 rings (SSSR count). The summed E-state index contributed by atoms with van der Waals surface area (Å²) < 4.78 is 5.95. The summed E-state index contributed by atoms with van der Waals surface area (Å²) in [5, 5.41) is 5.27. The second-order valence-electron chi connectivity index (χ2n) is 9.56. The van der Waals surface area contributed by atoms with E-state index in [2.05, 4.69) is 80.5 Å². The van der Waals surface area contributed by atoms with E-state index in [1.54, 1.807) is 3.88 Å². The summed E-state index contributed by atoms with van der Waals surface area (Å²) in [5.74, 6) is -1.35. The first kappa shape index (κ1) is 23.4. The second-order valence-corrected chi connectivity index (χ2v) is 54.5. The molecule has 1 N–H and O–H groups in total. The molecule has 0 saturated carbocycles. The van der Waals surface area contributed by atoms with E-state index >= 15 is 0 Å². The Morgan fingerprint density at radius 1 is 1.15 bits per heavy atom. The molecule has 0 aromatic rings. The molecule has 0 saturated heterocycles. The fraction of sp³-hybridized carbons (Fsp3) is 0.714. The van der Waals surface area contributed by atoms with Gasteiger partial charge in [-0.25, -0.2) is 0 Å². The summed E-state index contributed by atoms with van der Waals surface area (Å²) in [5.41, 5.74) is 0.180. The van der Waals surface area contributed by atoms with Crippen molar-refractivity contribution in [3.63, 3.8) is 0 Å². The summed E-state index contributed by atoms with van der Waals surface area (Å²) in [4.78, 5) is 0. The van der Waals surface area contributed by atoms with Crippen LogP contribution in [0, 0.1) is 0 Å². The van der Waals surface area contributed by atoms with Gasteiger partial charge in [-0.05, 0) is 0 Å². The minimum Gasteiger partial charge on any atom is -0.147 e. The van der Waals surface area contributed by atoms with Gasteiger partial charge in [0.1, 0.15) is 0 Å². The van der Waals surface area contributed by atoms with Crippen LogP contribution in [-0.4, -0.2) is 19.1 Å². The SMILES string of the molecule is CC(C)(C)[NH][Ti]([CH3])([CH3])(=[SiH2])([C]1=CC=CC1)[Si](C)(C)C.Cl.Cl. The summed E-state index contributed by atoms with van der Waals surface area (Å²) in [7, 11) is 2.36. The van der Waals surface area contributed by atoms with Crippen molar-refractivity contribution in [1.82, 2.24) is 3.80 Å². The normalized spacial score (nSPS) is 19.3. The molecule has 0 aromatic carbocycles. The van der Waals surface area contributed by atoms with Crippen LogP contribution in [0.15, 0.2) is 22.1 Å². The summed E-state index contributed by atoms with van der Waals surface area (Å²) in [6.07, 6.45) is 8.15. The molecule has 20 heavy (non-hydrogen) atoms.